The van der Waals surface area contributed by atoms with Gasteiger partial charge in [0.15, 0.2) is 11.5 Å². The first kappa shape index (κ1) is 16.6. The van der Waals surface area contributed by atoms with Crippen molar-refractivity contribution < 1.29 is 4.79 Å². The van der Waals surface area contributed by atoms with Gasteiger partial charge in [-0.15, -0.1) is 21.5 Å². The molecule has 0 radical (unpaired) electrons. The summed E-state index contributed by atoms with van der Waals surface area (Å²) >= 11 is 1.40. The first-order valence-corrected chi connectivity index (χ1v) is 9.12. The molecular formula is C18H18N6OS. The summed E-state index contributed by atoms with van der Waals surface area (Å²) in [4.78, 5) is 23.3. The maximum Gasteiger partial charge on any atom is 0.262 e. The first-order valence-electron chi connectivity index (χ1n) is 8.30. The molecule has 0 saturated heterocycles. The topological polar surface area (TPSA) is 85.1 Å². The summed E-state index contributed by atoms with van der Waals surface area (Å²) in [5.74, 6) is 1.27. The summed E-state index contributed by atoms with van der Waals surface area (Å²) in [6.07, 6.45) is 1.89. The molecule has 26 heavy (non-hydrogen) atoms. The monoisotopic (exact) mass is 366 g/mol. The molecule has 4 aromatic rings. The highest BCUT2D eigenvalue weighted by atomic mass is 32.1. The van der Waals surface area contributed by atoms with Crippen molar-refractivity contribution in [2.24, 2.45) is 0 Å². The van der Waals surface area contributed by atoms with Crippen LogP contribution in [0.3, 0.4) is 0 Å². The fraction of sp³-hybridized carbons (Fsp3) is 0.278. The van der Waals surface area contributed by atoms with Crippen molar-refractivity contribution in [2.75, 3.05) is 0 Å². The average molecular weight is 366 g/mol. The van der Waals surface area contributed by atoms with Crippen molar-refractivity contribution in [3.8, 4) is 0 Å². The molecule has 4 heterocycles. The number of aromatic nitrogens is 5. The number of thiophene rings is 1. The number of pyridine rings is 1. The molecule has 0 aliphatic rings. The smallest absolute Gasteiger partial charge is 0.262 e. The van der Waals surface area contributed by atoms with Crippen molar-refractivity contribution in [1.82, 2.24) is 29.9 Å². The molecule has 0 saturated carbocycles. The maximum atomic E-state index is 12.9. The molecule has 0 aromatic carbocycles. The van der Waals surface area contributed by atoms with E-state index in [0.717, 1.165) is 27.1 Å². The number of carbonyl (C=O) groups is 1. The van der Waals surface area contributed by atoms with Gasteiger partial charge in [-0.3, -0.25) is 9.20 Å². The highest BCUT2D eigenvalue weighted by Crippen LogP contribution is 2.31. The van der Waals surface area contributed by atoms with Crippen LogP contribution in [0.2, 0.25) is 0 Å². The number of nitrogens with zero attached hydrogens (tertiary/aromatic N) is 5. The van der Waals surface area contributed by atoms with Crippen molar-refractivity contribution >= 4 is 33.1 Å². The van der Waals surface area contributed by atoms with Gasteiger partial charge in [0.05, 0.1) is 10.9 Å². The number of fused-ring (bicyclic) bond motifs is 2. The maximum absolute atomic E-state index is 12.9. The van der Waals surface area contributed by atoms with E-state index in [2.05, 4.69) is 25.5 Å². The van der Waals surface area contributed by atoms with Crippen LogP contribution in [0, 0.1) is 20.8 Å². The predicted molar refractivity (Wildman–Crippen MR) is 100 cm³/mol. The van der Waals surface area contributed by atoms with E-state index in [1.54, 1.807) is 0 Å². The number of aryl methyl sites for hydroxylation is 3. The Bertz CT molecular complexity index is 1150. The Labute approximate surface area is 154 Å². The van der Waals surface area contributed by atoms with Crippen LogP contribution in [0.1, 0.15) is 45.5 Å². The highest BCUT2D eigenvalue weighted by molar-refractivity contribution is 7.20. The largest absolute Gasteiger partial charge is 0.342 e. The van der Waals surface area contributed by atoms with Crippen LogP contribution in [-0.2, 0) is 0 Å². The minimum atomic E-state index is -0.279. The van der Waals surface area contributed by atoms with Gasteiger partial charge >= 0.3 is 0 Å². The average Bonchev–Trinajstić information content (AvgIpc) is 3.16. The lowest BCUT2D eigenvalue weighted by atomic mass is 10.1. The molecular weight excluding hydrogens is 348 g/mol. The molecule has 1 amide bonds. The van der Waals surface area contributed by atoms with Crippen LogP contribution in [-0.4, -0.2) is 30.5 Å². The minimum absolute atomic E-state index is 0.136. The van der Waals surface area contributed by atoms with Gasteiger partial charge in [-0.2, -0.15) is 0 Å². The molecule has 8 heteroatoms. The van der Waals surface area contributed by atoms with Crippen molar-refractivity contribution in [2.45, 2.75) is 33.7 Å². The zero-order valence-corrected chi connectivity index (χ0v) is 15.8. The third kappa shape index (κ3) is 2.62. The van der Waals surface area contributed by atoms with Gasteiger partial charge in [-0.1, -0.05) is 6.07 Å². The number of hydrogen-bond donors (Lipinski definition) is 1. The van der Waals surface area contributed by atoms with Gasteiger partial charge in [0, 0.05) is 17.3 Å². The van der Waals surface area contributed by atoms with Gasteiger partial charge in [0.1, 0.15) is 10.7 Å². The molecule has 1 N–H and O–H groups in total. The van der Waals surface area contributed by atoms with Crippen molar-refractivity contribution in [3.63, 3.8) is 0 Å². The number of rotatable bonds is 3. The van der Waals surface area contributed by atoms with Crippen molar-refractivity contribution in [3.05, 3.63) is 52.2 Å². The third-order valence-electron chi connectivity index (χ3n) is 4.36. The van der Waals surface area contributed by atoms with E-state index >= 15 is 0 Å². The zero-order chi connectivity index (χ0) is 18.4. The van der Waals surface area contributed by atoms with Crippen LogP contribution in [0.25, 0.3) is 15.9 Å². The molecule has 1 unspecified atom stereocenters. The van der Waals surface area contributed by atoms with E-state index in [0.29, 0.717) is 16.5 Å². The molecule has 132 valence electrons. The lowest BCUT2D eigenvalue weighted by Crippen LogP contribution is -2.27. The summed E-state index contributed by atoms with van der Waals surface area (Å²) < 4.78 is 1.88. The lowest BCUT2D eigenvalue weighted by Gasteiger charge is -2.12. The van der Waals surface area contributed by atoms with E-state index in [4.69, 9.17) is 0 Å². The zero-order valence-electron chi connectivity index (χ0n) is 14.9. The Morgan fingerprint density at radius 1 is 1.19 bits per heavy atom. The highest BCUT2D eigenvalue weighted by Gasteiger charge is 2.22. The minimum Gasteiger partial charge on any atom is -0.342 e. The van der Waals surface area contributed by atoms with Crippen LogP contribution in [0.4, 0.5) is 0 Å². The summed E-state index contributed by atoms with van der Waals surface area (Å²) in [6.45, 7) is 7.65. The standard InChI is InChI=1S/C18H18N6OS/c1-9-14-10(2)19-12(4)21-18(14)26-15(9)17(25)20-11(3)16-23-22-13-7-5-6-8-24(13)16/h5-8,11H,1-4H3,(H,20,25). The Kier molecular flexibility index (Phi) is 3.91. The molecule has 0 fully saturated rings. The fourth-order valence-corrected chi connectivity index (χ4v) is 4.35. The number of nitrogens with one attached hydrogen (secondary N) is 1. The van der Waals surface area contributed by atoms with Crippen LogP contribution in [0.5, 0.6) is 0 Å². The summed E-state index contributed by atoms with van der Waals surface area (Å²) in [5.41, 5.74) is 2.57. The lowest BCUT2D eigenvalue weighted by molar-refractivity contribution is 0.0941. The summed E-state index contributed by atoms with van der Waals surface area (Å²) in [7, 11) is 0. The molecule has 0 bridgehead atoms. The third-order valence-corrected chi connectivity index (χ3v) is 5.55. The molecule has 0 aliphatic carbocycles. The number of hydrogen-bond acceptors (Lipinski definition) is 6. The number of carbonyl (C=O) groups excluding carboxylic acids is 1. The summed E-state index contributed by atoms with van der Waals surface area (Å²) in [5, 5.41) is 12.3. The number of amides is 1. The second kappa shape index (κ2) is 6.14. The van der Waals surface area contributed by atoms with E-state index in [1.165, 1.54) is 11.3 Å². The molecule has 4 rings (SSSR count). The van der Waals surface area contributed by atoms with E-state index in [-0.39, 0.29) is 11.9 Å². The Morgan fingerprint density at radius 3 is 2.81 bits per heavy atom. The molecule has 4 aromatic heterocycles. The van der Waals surface area contributed by atoms with E-state index < -0.39 is 0 Å². The van der Waals surface area contributed by atoms with Gasteiger partial charge in [0.25, 0.3) is 5.91 Å². The van der Waals surface area contributed by atoms with Gasteiger partial charge < -0.3 is 5.32 Å². The van der Waals surface area contributed by atoms with Gasteiger partial charge in [-0.25, -0.2) is 9.97 Å². The van der Waals surface area contributed by atoms with Crippen LogP contribution in [0.15, 0.2) is 24.4 Å². The van der Waals surface area contributed by atoms with Crippen LogP contribution >= 0.6 is 11.3 Å². The normalized spacial score (nSPS) is 12.6. The molecule has 0 spiro atoms. The Balaban J connectivity index is 1.67. The first-order chi connectivity index (χ1) is 12.5. The van der Waals surface area contributed by atoms with Gasteiger partial charge in [0.2, 0.25) is 0 Å². The quantitative estimate of drug-likeness (QED) is 0.602. The van der Waals surface area contributed by atoms with Crippen molar-refractivity contribution in [1.29, 1.82) is 0 Å². The SMILES string of the molecule is Cc1nc(C)c2c(C)c(C(=O)NC(C)c3nnc4ccccn34)sc2n1. The predicted octanol–water partition coefficient (Wildman–Crippen LogP) is 3.15. The summed E-state index contributed by atoms with van der Waals surface area (Å²) in [6, 6.07) is 5.42. The fourth-order valence-electron chi connectivity index (χ4n) is 3.17. The Hall–Kier alpha value is -2.87. The second-order valence-corrected chi connectivity index (χ2v) is 7.27. The molecule has 1 atom stereocenters. The van der Waals surface area contributed by atoms with E-state index in [9.17, 15) is 4.79 Å². The second-order valence-electron chi connectivity index (χ2n) is 6.27. The molecule has 7 nitrogen and oxygen atoms in total. The van der Waals surface area contributed by atoms with E-state index in [1.807, 2.05) is 56.5 Å². The Morgan fingerprint density at radius 2 is 2.00 bits per heavy atom. The van der Waals surface area contributed by atoms with Gasteiger partial charge in [-0.05, 0) is 45.4 Å². The van der Waals surface area contributed by atoms with Crippen LogP contribution < -0.4 is 5.32 Å². The molecule has 0 aliphatic heterocycles.